The summed E-state index contributed by atoms with van der Waals surface area (Å²) in [5, 5.41) is 11.1. The van der Waals surface area contributed by atoms with Crippen molar-refractivity contribution in [1.29, 1.82) is 0 Å². The van der Waals surface area contributed by atoms with E-state index in [1.54, 1.807) is 24.3 Å². The average Bonchev–Trinajstić information content (AvgIpc) is 1.58. The van der Waals surface area contributed by atoms with E-state index in [1.807, 2.05) is 31.3 Å². The van der Waals surface area contributed by atoms with E-state index in [0.717, 1.165) is 73.6 Å². The summed E-state index contributed by atoms with van der Waals surface area (Å²) >= 11 is 0. The lowest BCUT2D eigenvalue weighted by atomic mass is 10.0. The quantitative estimate of drug-likeness (QED) is 0.0315. The fourth-order valence-corrected chi connectivity index (χ4v) is 10.9. The molecule has 0 aliphatic carbocycles. The van der Waals surface area contributed by atoms with Gasteiger partial charge in [0.05, 0.1) is 153 Å². The molecule has 1 unspecified atom stereocenters. The van der Waals surface area contributed by atoms with E-state index in [9.17, 15) is 46.7 Å². The minimum atomic E-state index is -4.91. The van der Waals surface area contributed by atoms with Crippen LogP contribution in [0.25, 0.3) is 11.1 Å². The van der Waals surface area contributed by atoms with Crippen LogP contribution in [0.1, 0.15) is 61.5 Å². The number of carbonyl (C=O) groups is 6. The number of rotatable bonds is 41. The average molecular weight is 1320 g/mol. The van der Waals surface area contributed by atoms with Gasteiger partial charge in [-0.2, -0.15) is 13.2 Å². The highest BCUT2D eigenvalue weighted by molar-refractivity contribution is 6.25. The van der Waals surface area contributed by atoms with Crippen LogP contribution >= 0.6 is 0 Å². The van der Waals surface area contributed by atoms with E-state index in [1.165, 1.54) is 0 Å². The predicted octanol–water partition coefficient (Wildman–Crippen LogP) is 3.35. The van der Waals surface area contributed by atoms with Crippen molar-refractivity contribution >= 4 is 52.5 Å². The number of hydrogen-bond acceptors (Lipinski definition) is 21. The molecule has 0 radical (unpaired) electrons. The molecule has 4 aliphatic heterocycles. The summed E-state index contributed by atoms with van der Waals surface area (Å²) in [5.74, 6) is -3.28. The smallest absolute Gasteiger partial charge is 0.382 e. The number of anilines is 3. The third-order valence-corrected chi connectivity index (χ3v) is 15.9. The largest absolute Gasteiger partial charge is 0.417 e. The maximum atomic E-state index is 13.9. The summed E-state index contributed by atoms with van der Waals surface area (Å²) in [5.41, 5.74) is 1.76. The van der Waals surface area contributed by atoms with Gasteiger partial charge in [-0.15, -0.1) is 0 Å². The molecule has 0 saturated carbocycles. The van der Waals surface area contributed by atoms with Gasteiger partial charge < -0.3 is 73.4 Å². The van der Waals surface area contributed by atoms with Gasteiger partial charge in [-0.1, -0.05) is 30.3 Å². The summed E-state index contributed by atoms with van der Waals surface area (Å²) in [6, 6.07) is 18.0. The number of H-pyrrole nitrogens is 1. The number of halogens is 3. The number of imide groups is 2. The first-order valence-electron chi connectivity index (χ1n) is 31.9. The summed E-state index contributed by atoms with van der Waals surface area (Å²) in [7, 11) is 2.02. The van der Waals surface area contributed by atoms with Gasteiger partial charge in [0.25, 0.3) is 17.7 Å². The molecule has 3 aromatic carbocycles. The highest BCUT2D eigenvalue weighted by Gasteiger charge is 2.46. The fourth-order valence-electron chi connectivity index (χ4n) is 10.9. The molecule has 26 nitrogen and oxygen atoms in total. The minimum Gasteiger partial charge on any atom is -0.382 e. The van der Waals surface area contributed by atoms with Crippen molar-refractivity contribution in [1.82, 2.24) is 35.2 Å². The Labute approximate surface area is 544 Å². The van der Waals surface area contributed by atoms with Crippen LogP contribution in [0.2, 0.25) is 0 Å². The van der Waals surface area contributed by atoms with Gasteiger partial charge in [0.2, 0.25) is 23.3 Å². The maximum absolute atomic E-state index is 13.9. The Morgan fingerprint density at radius 2 is 1.16 bits per heavy atom. The summed E-state index contributed by atoms with van der Waals surface area (Å²) in [6.45, 7) is 15.7. The van der Waals surface area contributed by atoms with Crippen molar-refractivity contribution in [3.8, 4) is 11.1 Å². The molecule has 5 heterocycles. The number of hydrogen-bond donors (Lipinski definition) is 5. The number of nitrogens with zero attached hydrogens (tertiary/aromatic N) is 5. The van der Waals surface area contributed by atoms with Crippen LogP contribution < -0.4 is 31.7 Å². The maximum Gasteiger partial charge on any atom is 0.417 e. The van der Waals surface area contributed by atoms with Crippen molar-refractivity contribution in [2.24, 2.45) is 0 Å². The van der Waals surface area contributed by atoms with Crippen LogP contribution in [-0.4, -0.2) is 264 Å². The lowest BCUT2D eigenvalue weighted by molar-refractivity contribution is -0.138. The van der Waals surface area contributed by atoms with Crippen molar-refractivity contribution in [2.45, 2.75) is 38.0 Å². The molecule has 4 aliphatic rings. The Hall–Kier alpha value is -7.26. The predicted molar refractivity (Wildman–Crippen MR) is 340 cm³/mol. The molecule has 94 heavy (non-hydrogen) atoms. The zero-order chi connectivity index (χ0) is 66.5. The Bertz CT molecular complexity index is 3160. The fraction of sp³-hybridized carbons (Fsp3) is 0.554. The first kappa shape index (κ1) is 72.6. The van der Waals surface area contributed by atoms with Crippen LogP contribution in [0.5, 0.6) is 0 Å². The van der Waals surface area contributed by atoms with Crippen LogP contribution in [0.3, 0.4) is 0 Å². The molecule has 3 saturated heterocycles. The van der Waals surface area contributed by atoms with Gasteiger partial charge in [-0.05, 0) is 60.5 Å². The zero-order valence-electron chi connectivity index (χ0n) is 53.2. The number of amides is 6. The number of aromatic amines is 1. The van der Waals surface area contributed by atoms with E-state index >= 15 is 0 Å². The van der Waals surface area contributed by atoms with E-state index in [4.69, 9.17) is 42.6 Å². The molecular weight excluding hydrogens is 1230 g/mol. The third kappa shape index (κ3) is 23.0. The number of carbonyl (C=O) groups excluding carboxylic acids is 6. The second kappa shape index (κ2) is 38.3. The minimum absolute atomic E-state index is 0.0512. The van der Waals surface area contributed by atoms with Crippen molar-refractivity contribution in [2.75, 3.05) is 213 Å². The Balaban J connectivity index is 0.555. The number of piperidine rings is 1. The SMILES string of the molecule is CN1CCN(c2ccc(-c3cccc(CN4CCN(CCNC(=O)CCOCCOCCOCCOCCOCCOCCOCCOCCOCCNc5cccc6c5C(=O)N(C5CCC(=O)NC5=O)C6=O)CC4)c3)cc2NC(=O)c2c[nH]c(=O)cc2C(F)(F)F)CC1. The van der Waals surface area contributed by atoms with Gasteiger partial charge in [0.15, 0.2) is 0 Å². The third-order valence-electron chi connectivity index (χ3n) is 15.9. The second-order valence-corrected chi connectivity index (χ2v) is 22.6. The molecule has 514 valence electrons. The van der Waals surface area contributed by atoms with Crippen LogP contribution in [0, 0.1) is 0 Å². The number of pyridine rings is 1. The second-order valence-electron chi connectivity index (χ2n) is 22.6. The number of alkyl halides is 3. The number of nitrogens with one attached hydrogen (secondary N) is 5. The number of ether oxygens (including phenoxy) is 9. The molecule has 6 amide bonds. The molecule has 8 rings (SSSR count). The summed E-state index contributed by atoms with van der Waals surface area (Å²) < 4.78 is 91.8. The van der Waals surface area contributed by atoms with E-state index < -0.39 is 58.4 Å². The molecule has 4 aromatic rings. The molecule has 0 bridgehead atoms. The Morgan fingerprint density at radius 1 is 0.596 bits per heavy atom. The molecule has 1 atom stereocenters. The van der Waals surface area contributed by atoms with Crippen LogP contribution in [0.4, 0.5) is 30.2 Å². The van der Waals surface area contributed by atoms with Crippen molar-refractivity contribution in [3.05, 3.63) is 111 Å². The van der Waals surface area contributed by atoms with Crippen molar-refractivity contribution < 1.29 is 84.6 Å². The summed E-state index contributed by atoms with van der Waals surface area (Å²) in [6.07, 6.45) is -3.71. The standard InChI is InChI=1S/C65H87F3N10O16/c1-74-16-22-77(23-17-74)55-9-8-49(43-54(55)72-61(82)51-45-71-59(81)44-52(51)65(66,67)68)48-5-2-4-47(42-48)46-76-20-18-75(19-21-76)15-13-70-57(79)12-24-86-26-28-88-30-32-90-34-36-92-38-40-94-41-39-93-37-35-91-33-31-89-29-27-87-25-14-69-53-7-3-6-50-60(53)64(85)78(63(50)84)56-10-11-58(80)73-62(56)83/h2-9,42-45,56,69H,10-41,46H2,1H3,(H,70,79)(H,71,81)(H,72,82)(H,73,80,83). The molecule has 29 heteroatoms. The number of piperazine rings is 2. The monoisotopic (exact) mass is 1320 g/mol. The van der Waals surface area contributed by atoms with E-state index in [2.05, 4.69) is 58.0 Å². The molecule has 3 fully saturated rings. The molecule has 0 spiro atoms. The van der Waals surface area contributed by atoms with Gasteiger partial charge in [-0.3, -0.25) is 53.6 Å². The summed E-state index contributed by atoms with van der Waals surface area (Å²) in [4.78, 5) is 100. The van der Waals surface area contributed by atoms with Gasteiger partial charge in [-0.25, -0.2) is 0 Å². The lowest BCUT2D eigenvalue weighted by Crippen LogP contribution is -2.54. The van der Waals surface area contributed by atoms with Gasteiger partial charge in [0, 0.05) is 109 Å². The Kier molecular flexibility index (Phi) is 29.6. The topological polar surface area (TPSA) is 283 Å². The normalized spacial score (nSPS) is 16.6. The first-order chi connectivity index (χ1) is 45.6. The number of likely N-dealkylation sites (N-methyl/N-ethyl adjacent to an activating group) is 1. The highest BCUT2D eigenvalue weighted by Crippen LogP contribution is 2.36. The number of benzene rings is 3. The van der Waals surface area contributed by atoms with E-state index in [0.29, 0.717) is 168 Å². The van der Waals surface area contributed by atoms with Gasteiger partial charge in [0.1, 0.15) is 6.04 Å². The molecule has 5 N–H and O–H groups in total. The van der Waals surface area contributed by atoms with E-state index in [-0.39, 0.29) is 42.9 Å². The number of fused-ring (bicyclic) bond motifs is 1. The van der Waals surface area contributed by atoms with Crippen molar-refractivity contribution in [3.63, 3.8) is 0 Å². The first-order valence-corrected chi connectivity index (χ1v) is 31.9. The molecule has 1 aromatic heterocycles. The molecular formula is C65H87F3N10O16. The van der Waals surface area contributed by atoms with Crippen LogP contribution in [0.15, 0.2) is 77.7 Å². The van der Waals surface area contributed by atoms with Crippen LogP contribution in [-0.2, 0) is 69.7 Å². The zero-order valence-corrected chi connectivity index (χ0v) is 53.2. The van der Waals surface area contributed by atoms with Gasteiger partial charge >= 0.3 is 6.18 Å². The number of aromatic nitrogens is 1. The highest BCUT2D eigenvalue weighted by atomic mass is 19.4. The lowest BCUT2D eigenvalue weighted by Gasteiger charge is -2.35. The Morgan fingerprint density at radius 3 is 1.76 bits per heavy atom.